The fourth-order valence-corrected chi connectivity index (χ4v) is 4.75. The van der Waals surface area contributed by atoms with E-state index in [1.54, 1.807) is 40.9 Å². The Hall–Kier alpha value is -4.03. The van der Waals surface area contributed by atoms with Crippen molar-refractivity contribution in [3.8, 4) is 17.1 Å². The topological polar surface area (TPSA) is 120 Å². The zero-order valence-electron chi connectivity index (χ0n) is 23.7. The van der Waals surface area contributed by atoms with Crippen LogP contribution in [0.4, 0.5) is 19.4 Å². The largest absolute Gasteiger partial charge is 0.495 e. The molecule has 0 unspecified atom stereocenters. The van der Waals surface area contributed by atoms with Gasteiger partial charge in [0.2, 0.25) is 0 Å². The summed E-state index contributed by atoms with van der Waals surface area (Å²) < 4.78 is 47.7. The number of imidazole rings is 1. The van der Waals surface area contributed by atoms with Gasteiger partial charge in [-0.25, -0.2) is 32.9 Å². The van der Waals surface area contributed by atoms with Gasteiger partial charge >= 0.3 is 12.1 Å². The molecule has 13 heteroatoms. The van der Waals surface area contributed by atoms with Crippen molar-refractivity contribution >= 4 is 23.5 Å². The highest BCUT2D eigenvalue weighted by molar-refractivity contribution is 5.95. The number of likely N-dealkylation sites (tertiary alicyclic amines) is 1. The van der Waals surface area contributed by atoms with Crippen molar-refractivity contribution < 1.29 is 32.6 Å². The molecule has 11 nitrogen and oxygen atoms in total. The predicted octanol–water partition coefficient (Wildman–Crippen LogP) is 4.75. The van der Waals surface area contributed by atoms with Gasteiger partial charge in [0.15, 0.2) is 23.0 Å². The second-order valence-electron chi connectivity index (χ2n) is 11.2. The number of hydrogen-bond acceptors (Lipinski definition) is 9. The number of rotatable bonds is 7. The molecule has 1 saturated carbocycles. The van der Waals surface area contributed by atoms with Crippen LogP contribution in [0.25, 0.3) is 17.0 Å². The second-order valence-corrected chi connectivity index (χ2v) is 11.2. The molecule has 1 N–H and O–H groups in total. The van der Waals surface area contributed by atoms with Crippen LogP contribution in [0, 0.1) is 5.82 Å². The fraction of sp³-hybridized carbons (Fsp3) is 0.536. The summed E-state index contributed by atoms with van der Waals surface area (Å²) in [5.74, 6) is -0.876. The Morgan fingerprint density at radius 2 is 1.93 bits per heavy atom. The van der Waals surface area contributed by atoms with E-state index in [1.165, 1.54) is 21.5 Å². The summed E-state index contributed by atoms with van der Waals surface area (Å²) in [5, 5.41) is 7.57. The monoisotopic (exact) mass is 572 g/mol. The molecule has 3 aromatic rings. The van der Waals surface area contributed by atoms with Crippen molar-refractivity contribution in [1.82, 2.24) is 24.5 Å². The van der Waals surface area contributed by atoms with Gasteiger partial charge in [0.05, 0.1) is 25.5 Å². The summed E-state index contributed by atoms with van der Waals surface area (Å²) in [7, 11) is 1.54. The number of nitrogens with one attached hydrogen (secondary N) is 1. The molecule has 5 rings (SSSR count). The van der Waals surface area contributed by atoms with Crippen LogP contribution in [-0.2, 0) is 9.47 Å². The highest BCUT2D eigenvalue weighted by Crippen LogP contribution is 2.43. The number of hydrogen-bond donors (Lipinski definition) is 1. The Bertz CT molecular complexity index is 1470. The number of piperidine rings is 1. The first-order valence-electron chi connectivity index (χ1n) is 13.7. The molecule has 4 heterocycles. The third-order valence-electron chi connectivity index (χ3n) is 6.84. The van der Waals surface area contributed by atoms with Gasteiger partial charge in [-0.15, -0.1) is 0 Å². The number of pyridine rings is 1. The molecular formula is C28H34F2N6O5. The molecular weight excluding hydrogens is 538 g/mol. The number of aromatic nitrogens is 4. The number of alkyl halides is 1. The van der Waals surface area contributed by atoms with E-state index in [4.69, 9.17) is 19.3 Å². The number of ether oxygens (including phenoxy) is 3. The van der Waals surface area contributed by atoms with Crippen LogP contribution in [0.2, 0.25) is 0 Å². The van der Waals surface area contributed by atoms with Crippen LogP contribution >= 0.6 is 0 Å². The van der Waals surface area contributed by atoms with Crippen molar-refractivity contribution in [2.45, 2.75) is 70.7 Å². The molecule has 2 atom stereocenters. The SMILES string of the molecule is CCOC(=O)c1nc2cc(OC)c(C3CC3)nn2c1-c1ccc(F)c(N[C@H]2CN(C(=O)OC(C)(C)C)CC[C@@H]2F)n1. The molecule has 41 heavy (non-hydrogen) atoms. The van der Waals surface area contributed by atoms with Crippen LogP contribution in [0.1, 0.15) is 69.1 Å². The number of anilines is 1. The number of fused-ring (bicyclic) bond motifs is 1. The zero-order valence-corrected chi connectivity index (χ0v) is 23.7. The first-order valence-corrected chi connectivity index (χ1v) is 13.7. The Kier molecular flexibility index (Phi) is 7.71. The summed E-state index contributed by atoms with van der Waals surface area (Å²) in [4.78, 5) is 35.8. The number of amides is 1. The van der Waals surface area contributed by atoms with Crippen LogP contribution in [0.15, 0.2) is 18.2 Å². The highest BCUT2D eigenvalue weighted by atomic mass is 19.1. The van der Waals surface area contributed by atoms with Gasteiger partial charge in [-0.05, 0) is 59.1 Å². The molecule has 1 saturated heterocycles. The van der Waals surface area contributed by atoms with Gasteiger partial charge in [-0.3, -0.25) is 0 Å². The molecule has 220 valence electrons. The van der Waals surface area contributed by atoms with E-state index in [0.29, 0.717) is 11.4 Å². The van der Waals surface area contributed by atoms with Crippen LogP contribution in [0.3, 0.4) is 0 Å². The van der Waals surface area contributed by atoms with E-state index < -0.39 is 35.7 Å². The Labute approximate surface area is 236 Å². The number of carbonyl (C=O) groups excluding carboxylic acids is 2. The van der Waals surface area contributed by atoms with E-state index in [9.17, 15) is 14.0 Å². The summed E-state index contributed by atoms with van der Waals surface area (Å²) in [6.07, 6.45) is 0.0292. The lowest BCUT2D eigenvalue weighted by molar-refractivity contribution is 0.0150. The average molecular weight is 573 g/mol. The summed E-state index contributed by atoms with van der Waals surface area (Å²) in [6.45, 7) is 7.16. The summed E-state index contributed by atoms with van der Waals surface area (Å²) in [6, 6.07) is 3.32. The van der Waals surface area contributed by atoms with Crippen LogP contribution < -0.4 is 10.1 Å². The number of esters is 1. The second kappa shape index (κ2) is 11.1. The zero-order chi connectivity index (χ0) is 29.5. The van der Waals surface area contributed by atoms with Gasteiger partial charge in [-0.2, -0.15) is 5.10 Å². The van der Waals surface area contributed by atoms with Crippen molar-refractivity contribution in [2.24, 2.45) is 0 Å². The maximum absolute atomic E-state index is 15.0. The Morgan fingerprint density at radius 3 is 2.59 bits per heavy atom. The smallest absolute Gasteiger partial charge is 0.410 e. The van der Waals surface area contributed by atoms with Crippen molar-refractivity contribution in [3.63, 3.8) is 0 Å². The van der Waals surface area contributed by atoms with Gasteiger partial charge < -0.3 is 24.4 Å². The van der Waals surface area contributed by atoms with Gasteiger partial charge in [0.1, 0.15) is 28.9 Å². The molecule has 1 aliphatic heterocycles. The van der Waals surface area contributed by atoms with Crippen LogP contribution in [0.5, 0.6) is 5.75 Å². The Balaban J connectivity index is 1.51. The standard InChI is InChI=1S/C28H34F2N6O5/c1-6-40-26(37)23-24(36-21(33-23)13-20(39-5)22(34-36)15-7-8-15)18-10-9-17(30)25(31-18)32-19-14-35(12-11-16(19)29)27(38)41-28(2,3)4/h9-10,13,15-16,19H,6-8,11-12,14H2,1-5H3,(H,31,32)/t16-,19-/m0/s1. The maximum atomic E-state index is 15.0. The van der Waals surface area contributed by atoms with Crippen molar-refractivity contribution in [1.29, 1.82) is 0 Å². The molecule has 0 aromatic carbocycles. The normalized spacial score (nSPS) is 19.2. The number of methoxy groups -OCH3 is 1. The van der Waals surface area contributed by atoms with Crippen molar-refractivity contribution in [3.05, 3.63) is 35.4 Å². The molecule has 0 radical (unpaired) electrons. The predicted molar refractivity (Wildman–Crippen MR) is 145 cm³/mol. The quantitative estimate of drug-likeness (QED) is 0.400. The lowest BCUT2D eigenvalue weighted by atomic mass is 10.0. The van der Waals surface area contributed by atoms with E-state index in [0.717, 1.165) is 18.5 Å². The Morgan fingerprint density at radius 1 is 1.17 bits per heavy atom. The van der Waals surface area contributed by atoms with E-state index in [-0.39, 0.29) is 54.9 Å². The third kappa shape index (κ3) is 6.03. The molecule has 2 aliphatic rings. The van der Waals surface area contributed by atoms with Crippen molar-refractivity contribution in [2.75, 3.05) is 32.1 Å². The summed E-state index contributed by atoms with van der Waals surface area (Å²) in [5.41, 5.74) is 0.683. The van der Waals surface area contributed by atoms with Gasteiger partial charge in [0.25, 0.3) is 0 Å². The van der Waals surface area contributed by atoms with E-state index >= 15 is 4.39 Å². The number of carbonyl (C=O) groups is 2. The molecule has 2 fully saturated rings. The first kappa shape index (κ1) is 28.5. The molecule has 3 aromatic heterocycles. The minimum atomic E-state index is -1.36. The van der Waals surface area contributed by atoms with Gasteiger partial charge in [0, 0.05) is 25.1 Å². The molecule has 0 spiro atoms. The minimum Gasteiger partial charge on any atom is -0.495 e. The first-order chi connectivity index (χ1) is 19.5. The number of halogens is 2. The maximum Gasteiger partial charge on any atom is 0.410 e. The minimum absolute atomic E-state index is 0.0444. The van der Waals surface area contributed by atoms with E-state index in [1.807, 2.05) is 0 Å². The lowest BCUT2D eigenvalue weighted by Gasteiger charge is -2.36. The van der Waals surface area contributed by atoms with Gasteiger partial charge in [-0.1, -0.05) is 0 Å². The fourth-order valence-electron chi connectivity index (χ4n) is 4.75. The van der Waals surface area contributed by atoms with Crippen LogP contribution in [-0.4, -0.2) is 81.2 Å². The van der Waals surface area contributed by atoms with E-state index in [2.05, 4.69) is 15.3 Å². The summed E-state index contributed by atoms with van der Waals surface area (Å²) >= 11 is 0. The molecule has 0 bridgehead atoms. The highest BCUT2D eigenvalue weighted by Gasteiger charge is 2.35. The molecule has 1 amide bonds. The average Bonchev–Trinajstić information content (AvgIpc) is 3.69. The third-order valence-corrected chi connectivity index (χ3v) is 6.84. The number of nitrogens with zero attached hydrogens (tertiary/aromatic N) is 5. The molecule has 1 aliphatic carbocycles. The lowest BCUT2D eigenvalue weighted by Crippen LogP contribution is -2.52.